The van der Waals surface area contributed by atoms with Crippen LogP contribution >= 0.6 is 0 Å². The first-order chi connectivity index (χ1) is 7.11. The monoisotopic (exact) mass is 206 g/mol. The van der Waals surface area contributed by atoms with E-state index < -0.39 is 12.0 Å². The number of rotatable bonds is 2. The van der Waals surface area contributed by atoms with E-state index in [1.165, 1.54) is 11.8 Å². The van der Waals surface area contributed by atoms with E-state index in [0.717, 1.165) is 0 Å². The summed E-state index contributed by atoms with van der Waals surface area (Å²) in [6.07, 6.45) is 1.60. The van der Waals surface area contributed by atoms with Crippen LogP contribution < -0.4 is 0 Å². The first-order valence-corrected chi connectivity index (χ1v) is 4.59. The van der Waals surface area contributed by atoms with Crippen molar-refractivity contribution in [3.05, 3.63) is 29.6 Å². The van der Waals surface area contributed by atoms with Crippen molar-refractivity contribution >= 4 is 11.9 Å². The van der Waals surface area contributed by atoms with Crippen molar-refractivity contribution < 1.29 is 14.7 Å². The normalized spacial score (nSPS) is 16.3. The highest BCUT2D eigenvalue weighted by Gasteiger charge is 2.34. The SMILES string of the molecule is CC(C(=O)O)N1Cc2ncccc2C1=O. The Bertz CT molecular complexity index is 430. The minimum absolute atomic E-state index is 0.256. The van der Waals surface area contributed by atoms with Gasteiger partial charge in [-0.2, -0.15) is 0 Å². The van der Waals surface area contributed by atoms with Gasteiger partial charge in [0, 0.05) is 6.20 Å². The molecule has 0 bridgehead atoms. The summed E-state index contributed by atoms with van der Waals surface area (Å²) in [4.78, 5) is 27.9. The molecule has 1 atom stereocenters. The zero-order valence-corrected chi connectivity index (χ0v) is 8.17. The molecule has 0 saturated carbocycles. The third-order valence-corrected chi connectivity index (χ3v) is 2.53. The molecule has 0 aromatic carbocycles. The van der Waals surface area contributed by atoms with E-state index in [4.69, 9.17) is 5.11 Å². The molecule has 1 N–H and O–H groups in total. The van der Waals surface area contributed by atoms with E-state index in [9.17, 15) is 9.59 Å². The lowest BCUT2D eigenvalue weighted by Crippen LogP contribution is -2.38. The van der Waals surface area contributed by atoms with Gasteiger partial charge in [0.25, 0.3) is 5.91 Å². The summed E-state index contributed by atoms with van der Waals surface area (Å²) >= 11 is 0. The van der Waals surface area contributed by atoms with Crippen molar-refractivity contribution in [2.75, 3.05) is 0 Å². The third-order valence-electron chi connectivity index (χ3n) is 2.53. The van der Waals surface area contributed by atoms with E-state index in [0.29, 0.717) is 11.3 Å². The van der Waals surface area contributed by atoms with Gasteiger partial charge in [0.1, 0.15) is 6.04 Å². The molecule has 1 unspecified atom stereocenters. The molecule has 5 nitrogen and oxygen atoms in total. The molecule has 1 aromatic rings. The van der Waals surface area contributed by atoms with Gasteiger partial charge in [-0.15, -0.1) is 0 Å². The van der Waals surface area contributed by atoms with Crippen molar-refractivity contribution in [2.24, 2.45) is 0 Å². The van der Waals surface area contributed by atoms with Gasteiger partial charge in [-0.05, 0) is 19.1 Å². The number of carbonyl (C=O) groups excluding carboxylic acids is 1. The number of aromatic nitrogens is 1. The summed E-state index contributed by atoms with van der Waals surface area (Å²) in [7, 11) is 0. The highest BCUT2D eigenvalue weighted by atomic mass is 16.4. The van der Waals surface area contributed by atoms with Gasteiger partial charge in [0.2, 0.25) is 0 Å². The Morgan fingerprint density at radius 2 is 2.40 bits per heavy atom. The Kier molecular flexibility index (Phi) is 2.15. The number of carboxylic acid groups (broad SMARTS) is 1. The number of carboxylic acids is 1. The molecule has 0 fully saturated rings. The molecule has 1 aliphatic rings. The lowest BCUT2D eigenvalue weighted by atomic mass is 10.2. The zero-order valence-electron chi connectivity index (χ0n) is 8.17. The molecule has 78 valence electrons. The van der Waals surface area contributed by atoms with Gasteiger partial charge in [-0.3, -0.25) is 9.78 Å². The summed E-state index contributed by atoms with van der Waals surface area (Å²) in [6.45, 7) is 1.77. The van der Waals surface area contributed by atoms with Crippen LogP contribution in [0, 0.1) is 0 Å². The summed E-state index contributed by atoms with van der Waals surface area (Å²) in [5.74, 6) is -1.26. The Morgan fingerprint density at radius 1 is 1.67 bits per heavy atom. The van der Waals surface area contributed by atoms with Gasteiger partial charge in [0.15, 0.2) is 0 Å². The number of aliphatic carboxylic acids is 1. The number of fused-ring (bicyclic) bond motifs is 1. The van der Waals surface area contributed by atoms with Gasteiger partial charge >= 0.3 is 5.97 Å². The number of nitrogens with zero attached hydrogens (tertiary/aromatic N) is 2. The van der Waals surface area contributed by atoms with Crippen molar-refractivity contribution in [2.45, 2.75) is 19.5 Å². The summed E-state index contributed by atoms with van der Waals surface area (Å²) in [6, 6.07) is 2.52. The van der Waals surface area contributed by atoms with Crippen LogP contribution in [0.2, 0.25) is 0 Å². The molecule has 0 aliphatic carbocycles. The maximum Gasteiger partial charge on any atom is 0.326 e. The first kappa shape index (κ1) is 9.64. The quantitative estimate of drug-likeness (QED) is 0.765. The van der Waals surface area contributed by atoms with Crippen LogP contribution in [0.25, 0.3) is 0 Å². The van der Waals surface area contributed by atoms with Crippen LogP contribution in [0.15, 0.2) is 18.3 Å². The molecule has 1 amide bonds. The highest BCUT2D eigenvalue weighted by molar-refractivity contribution is 5.99. The Labute approximate surface area is 86.3 Å². The Morgan fingerprint density at radius 3 is 3.00 bits per heavy atom. The minimum Gasteiger partial charge on any atom is -0.480 e. The first-order valence-electron chi connectivity index (χ1n) is 4.59. The fraction of sp³-hybridized carbons (Fsp3) is 0.300. The van der Waals surface area contributed by atoms with Crippen LogP contribution in [0.5, 0.6) is 0 Å². The second-order valence-corrected chi connectivity index (χ2v) is 3.44. The topological polar surface area (TPSA) is 70.5 Å². The molecule has 2 rings (SSSR count). The van der Waals surface area contributed by atoms with Gasteiger partial charge in [0.05, 0.1) is 17.8 Å². The van der Waals surface area contributed by atoms with Gasteiger partial charge < -0.3 is 10.0 Å². The van der Waals surface area contributed by atoms with Crippen molar-refractivity contribution in [3.8, 4) is 0 Å². The maximum atomic E-state index is 11.8. The Hall–Kier alpha value is -1.91. The predicted molar refractivity (Wildman–Crippen MR) is 51.2 cm³/mol. The molecule has 0 spiro atoms. The van der Waals surface area contributed by atoms with Crippen LogP contribution in [-0.4, -0.2) is 32.9 Å². The smallest absolute Gasteiger partial charge is 0.326 e. The van der Waals surface area contributed by atoms with E-state index in [-0.39, 0.29) is 12.5 Å². The van der Waals surface area contributed by atoms with Crippen LogP contribution in [0.1, 0.15) is 23.0 Å². The molecule has 2 heterocycles. The van der Waals surface area contributed by atoms with E-state index >= 15 is 0 Å². The lowest BCUT2D eigenvalue weighted by Gasteiger charge is -2.19. The highest BCUT2D eigenvalue weighted by Crippen LogP contribution is 2.22. The summed E-state index contributed by atoms with van der Waals surface area (Å²) < 4.78 is 0. The van der Waals surface area contributed by atoms with Crippen molar-refractivity contribution in [1.82, 2.24) is 9.88 Å². The second kappa shape index (κ2) is 3.34. The minimum atomic E-state index is -1.00. The van der Waals surface area contributed by atoms with Crippen molar-refractivity contribution in [3.63, 3.8) is 0 Å². The zero-order chi connectivity index (χ0) is 11.0. The summed E-state index contributed by atoms with van der Waals surface area (Å²) in [5, 5.41) is 8.82. The number of amides is 1. The Balaban J connectivity index is 2.31. The largest absolute Gasteiger partial charge is 0.480 e. The molecule has 0 saturated heterocycles. The summed E-state index contributed by atoms with van der Waals surface area (Å²) in [5.41, 5.74) is 1.15. The maximum absolute atomic E-state index is 11.8. The molecular formula is C10H10N2O3. The number of carbonyl (C=O) groups is 2. The fourth-order valence-electron chi connectivity index (χ4n) is 1.59. The van der Waals surface area contributed by atoms with E-state index in [1.807, 2.05) is 0 Å². The van der Waals surface area contributed by atoms with E-state index in [2.05, 4.69) is 4.98 Å². The van der Waals surface area contributed by atoms with Crippen LogP contribution in [0.3, 0.4) is 0 Å². The van der Waals surface area contributed by atoms with Gasteiger partial charge in [-0.1, -0.05) is 0 Å². The van der Waals surface area contributed by atoms with E-state index in [1.54, 1.807) is 18.3 Å². The number of hydrogen-bond acceptors (Lipinski definition) is 3. The lowest BCUT2D eigenvalue weighted by molar-refractivity contribution is -0.141. The molecule has 0 radical (unpaired) electrons. The third kappa shape index (κ3) is 1.45. The molecule has 5 heteroatoms. The second-order valence-electron chi connectivity index (χ2n) is 3.44. The number of pyridine rings is 1. The average molecular weight is 206 g/mol. The van der Waals surface area contributed by atoms with Crippen LogP contribution in [0.4, 0.5) is 0 Å². The standard InChI is InChI=1S/C10H10N2O3/c1-6(10(14)15)12-5-8-7(9(12)13)3-2-4-11-8/h2-4,6H,5H2,1H3,(H,14,15). The van der Waals surface area contributed by atoms with Crippen molar-refractivity contribution in [1.29, 1.82) is 0 Å². The average Bonchev–Trinajstić information content (AvgIpc) is 2.56. The predicted octanol–water partition coefficient (Wildman–Crippen LogP) is 0.510. The molecular weight excluding hydrogens is 196 g/mol. The van der Waals surface area contributed by atoms with Gasteiger partial charge in [-0.25, -0.2) is 4.79 Å². The molecule has 1 aliphatic heterocycles. The van der Waals surface area contributed by atoms with Crippen LogP contribution in [-0.2, 0) is 11.3 Å². The number of hydrogen-bond donors (Lipinski definition) is 1. The molecule has 15 heavy (non-hydrogen) atoms. The fourth-order valence-corrected chi connectivity index (χ4v) is 1.59. The molecule has 1 aromatic heterocycles.